The van der Waals surface area contributed by atoms with Crippen molar-refractivity contribution in [1.29, 1.82) is 0 Å². The number of hydrogen-bond donors (Lipinski definition) is 1. The third-order valence-corrected chi connectivity index (χ3v) is 3.08. The van der Waals surface area contributed by atoms with Crippen LogP contribution in [0, 0.1) is 0 Å². The fourth-order valence-corrected chi connectivity index (χ4v) is 2.04. The Morgan fingerprint density at radius 1 is 1.06 bits per heavy atom. The maximum atomic E-state index is 6.19. The number of benzene rings is 2. The molecule has 18 heavy (non-hydrogen) atoms. The molecule has 0 amide bonds. The third kappa shape index (κ3) is 3.31. The number of ether oxygens (including phenoxy) is 1. The molecule has 2 N–H and O–H groups in total. The summed E-state index contributed by atoms with van der Waals surface area (Å²) < 4.78 is 5.54. The summed E-state index contributed by atoms with van der Waals surface area (Å²) in [6.07, 6.45) is 1.13. The molecule has 0 fully saturated rings. The van der Waals surface area contributed by atoms with Gasteiger partial charge < -0.3 is 10.5 Å². The average molecular weight is 243 g/mol. The Kier molecular flexibility index (Phi) is 4.34. The van der Waals surface area contributed by atoms with E-state index in [1.54, 1.807) is 0 Å². The monoisotopic (exact) mass is 243 g/mol. The first-order valence-corrected chi connectivity index (χ1v) is 6.52. The normalized spacial score (nSPS) is 13.1. The zero-order chi connectivity index (χ0) is 13.0. The second-order valence-electron chi connectivity index (χ2n) is 4.92. The van der Waals surface area contributed by atoms with Crippen molar-refractivity contribution >= 4 is 10.8 Å². The molecule has 96 valence electrons. The third-order valence-electron chi connectivity index (χ3n) is 3.08. The van der Waals surface area contributed by atoms with E-state index in [-0.39, 0.29) is 12.1 Å². The van der Waals surface area contributed by atoms with E-state index in [1.165, 1.54) is 16.3 Å². The maximum Gasteiger partial charge on any atom is 0.0518 e. The zero-order valence-corrected chi connectivity index (χ0v) is 11.1. The van der Waals surface area contributed by atoms with Gasteiger partial charge >= 0.3 is 0 Å². The second kappa shape index (κ2) is 5.98. The summed E-state index contributed by atoms with van der Waals surface area (Å²) in [5, 5.41) is 2.50. The molecule has 0 saturated carbocycles. The Hall–Kier alpha value is -1.38. The van der Waals surface area contributed by atoms with Crippen LogP contribution in [0.3, 0.4) is 0 Å². The lowest BCUT2D eigenvalue weighted by Gasteiger charge is -2.14. The standard InChI is InChI=1S/C16H21NO/c1-12(2)18-10-9-16(17)15-8-7-13-5-3-4-6-14(13)11-15/h3-8,11-12,16H,9-10,17H2,1-2H3. The van der Waals surface area contributed by atoms with Gasteiger partial charge in [0.15, 0.2) is 0 Å². The summed E-state index contributed by atoms with van der Waals surface area (Å²) in [6.45, 7) is 4.80. The number of nitrogens with two attached hydrogens (primary N) is 1. The Bertz CT molecular complexity index is 507. The van der Waals surface area contributed by atoms with Crippen LogP contribution < -0.4 is 5.73 Å². The van der Waals surface area contributed by atoms with Crippen molar-refractivity contribution in [3.8, 4) is 0 Å². The minimum Gasteiger partial charge on any atom is -0.379 e. The van der Waals surface area contributed by atoms with Crippen LogP contribution in [-0.2, 0) is 4.74 Å². The Labute approximate surface area is 109 Å². The minimum absolute atomic E-state index is 0.0494. The van der Waals surface area contributed by atoms with Gasteiger partial charge in [-0.15, -0.1) is 0 Å². The molecule has 1 atom stereocenters. The highest BCUT2D eigenvalue weighted by atomic mass is 16.5. The fraction of sp³-hybridized carbons (Fsp3) is 0.375. The molecule has 0 aliphatic heterocycles. The molecule has 2 nitrogen and oxygen atoms in total. The first-order valence-electron chi connectivity index (χ1n) is 6.52. The highest BCUT2D eigenvalue weighted by molar-refractivity contribution is 5.83. The summed E-state index contributed by atoms with van der Waals surface area (Å²) in [4.78, 5) is 0. The highest BCUT2D eigenvalue weighted by Gasteiger charge is 2.07. The minimum atomic E-state index is 0.0494. The molecule has 0 radical (unpaired) electrons. The first-order chi connectivity index (χ1) is 8.66. The van der Waals surface area contributed by atoms with Crippen LogP contribution in [0.1, 0.15) is 31.9 Å². The molecule has 2 aromatic rings. The lowest BCUT2D eigenvalue weighted by atomic mass is 10.0. The number of fused-ring (bicyclic) bond motifs is 1. The van der Waals surface area contributed by atoms with Gasteiger partial charge in [0.1, 0.15) is 0 Å². The van der Waals surface area contributed by atoms with Crippen LogP contribution in [0.4, 0.5) is 0 Å². The Balaban J connectivity index is 2.06. The van der Waals surface area contributed by atoms with E-state index in [0.29, 0.717) is 6.61 Å². The summed E-state index contributed by atoms with van der Waals surface area (Å²) in [5.41, 5.74) is 7.37. The first kappa shape index (κ1) is 13.1. The van der Waals surface area contributed by atoms with Gasteiger partial charge in [0, 0.05) is 12.6 Å². The molecule has 2 aromatic carbocycles. The van der Waals surface area contributed by atoms with Crippen molar-refractivity contribution in [2.75, 3.05) is 6.61 Å². The molecule has 0 spiro atoms. The van der Waals surface area contributed by atoms with E-state index in [4.69, 9.17) is 10.5 Å². The van der Waals surface area contributed by atoms with Gasteiger partial charge in [-0.2, -0.15) is 0 Å². The van der Waals surface area contributed by atoms with Crippen LogP contribution in [-0.4, -0.2) is 12.7 Å². The predicted molar refractivity (Wildman–Crippen MR) is 76.6 cm³/mol. The van der Waals surface area contributed by atoms with Crippen molar-refractivity contribution in [2.24, 2.45) is 5.73 Å². The van der Waals surface area contributed by atoms with Crippen LogP contribution in [0.2, 0.25) is 0 Å². The SMILES string of the molecule is CC(C)OCCC(N)c1ccc2ccccc2c1. The van der Waals surface area contributed by atoms with Crippen molar-refractivity contribution in [3.05, 3.63) is 48.0 Å². The van der Waals surface area contributed by atoms with Gasteiger partial charge in [0.25, 0.3) is 0 Å². The lowest BCUT2D eigenvalue weighted by Crippen LogP contribution is -2.14. The van der Waals surface area contributed by atoms with Crippen molar-refractivity contribution in [1.82, 2.24) is 0 Å². The Morgan fingerprint density at radius 2 is 1.78 bits per heavy atom. The quantitative estimate of drug-likeness (QED) is 0.870. The molecule has 0 aliphatic rings. The van der Waals surface area contributed by atoms with Crippen molar-refractivity contribution < 1.29 is 4.74 Å². The summed E-state index contributed by atoms with van der Waals surface area (Å²) in [6, 6.07) is 14.8. The van der Waals surface area contributed by atoms with E-state index in [1.807, 2.05) is 13.8 Å². The summed E-state index contributed by atoms with van der Waals surface area (Å²) in [5.74, 6) is 0. The number of hydrogen-bond acceptors (Lipinski definition) is 2. The molecule has 2 heteroatoms. The van der Waals surface area contributed by atoms with Gasteiger partial charge in [-0.3, -0.25) is 0 Å². The van der Waals surface area contributed by atoms with Crippen LogP contribution >= 0.6 is 0 Å². The molecular formula is C16H21NO. The molecule has 1 unspecified atom stereocenters. The van der Waals surface area contributed by atoms with Crippen molar-refractivity contribution in [3.63, 3.8) is 0 Å². The largest absolute Gasteiger partial charge is 0.379 e. The average Bonchev–Trinajstić information content (AvgIpc) is 2.37. The van der Waals surface area contributed by atoms with Gasteiger partial charge in [-0.25, -0.2) is 0 Å². The lowest BCUT2D eigenvalue weighted by molar-refractivity contribution is 0.0736. The number of rotatable bonds is 5. The van der Waals surface area contributed by atoms with Gasteiger partial charge in [-0.1, -0.05) is 36.4 Å². The topological polar surface area (TPSA) is 35.2 Å². The van der Waals surface area contributed by atoms with Gasteiger partial charge in [0.2, 0.25) is 0 Å². The van der Waals surface area contributed by atoms with Crippen LogP contribution in [0.15, 0.2) is 42.5 Å². The van der Waals surface area contributed by atoms with Gasteiger partial charge in [0.05, 0.1) is 6.10 Å². The molecule has 2 rings (SSSR count). The fourth-order valence-electron chi connectivity index (χ4n) is 2.04. The molecule has 0 heterocycles. The second-order valence-corrected chi connectivity index (χ2v) is 4.92. The van der Waals surface area contributed by atoms with Crippen molar-refractivity contribution in [2.45, 2.75) is 32.4 Å². The highest BCUT2D eigenvalue weighted by Crippen LogP contribution is 2.21. The van der Waals surface area contributed by atoms with E-state index in [0.717, 1.165) is 6.42 Å². The molecule has 0 bridgehead atoms. The Morgan fingerprint density at radius 3 is 2.50 bits per heavy atom. The van der Waals surface area contributed by atoms with Gasteiger partial charge in [-0.05, 0) is 42.7 Å². The molecule has 0 saturated heterocycles. The predicted octanol–water partition coefficient (Wildman–Crippen LogP) is 3.65. The van der Waals surface area contributed by atoms with E-state index in [2.05, 4.69) is 42.5 Å². The summed E-state index contributed by atoms with van der Waals surface area (Å²) >= 11 is 0. The molecule has 0 aromatic heterocycles. The summed E-state index contributed by atoms with van der Waals surface area (Å²) in [7, 11) is 0. The van der Waals surface area contributed by atoms with Crippen LogP contribution in [0.5, 0.6) is 0 Å². The maximum absolute atomic E-state index is 6.19. The molecular weight excluding hydrogens is 222 g/mol. The van der Waals surface area contributed by atoms with E-state index >= 15 is 0 Å². The molecule has 0 aliphatic carbocycles. The van der Waals surface area contributed by atoms with Crippen LogP contribution in [0.25, 0.3) is 10.8 Å². The van der Waals surface area contributed by atoms with E-state index < -0.39 is 0 Å². The zero-order valence-electron chi connectivity index (χ0n) is 11.1. The smallest absolute Gasteiger partial charge is 0.0518 e. The van der Waals surface area contributed by atoms with E-state index in [9.17, 15) is 0 Å².